The van der Waals surface area contributed by atoms with Crippen LogP contribution in [0.2, 0.25) is 5.02 Å². The molecule has 0 atom stereocenters. The summed E-state index contributed by atoms with van der Waals surface area (Å²) in [6.45, 7) is 1.80. The second-order valence-electron chi connectivity index (χ2n) is 5.28. The van der Waals surface area contributed by atoms with Gasteiger partial charge < -0.3 is 4.42 Å². The molecule has 0 aliphatic heterocycles. The highest BCUT2D eigenvalue weighted by molar-refractivity contribution is 7.22. The van der Waals surface area contributed by atoms with Crippen LogP contribution in [-0.4, -0.2) is 10.9 Å². The molecule has 2 aromatic carbocycles. The molecule has 0 bridgehead atoms. The van der Waals surface area contributed by atoms with Crippen molar-refractivity contribution >= 4 is 55.2 Å². The lowest BCUT2D eigenvalue weighted by Crippen LogP contribution is -2.11. The van der Waals surface area contributed by atoms with Gasteiger partial charge in [-0.3, -0.25) is 10.1 Å². The zero-order valence-electron chi connectivity index (χ0n) is 12.4. The van der Waals surface area contributed by atoms with E-state index < -0.39 is 5.91 Å². The zero-order chi connectivity index (χ0) is 16.8. The number of carbonyl (C=O) groups excluding carboxylic acids is 1. The van der Waals surface area contributed by atoms with Crippen LogP contribution in [0.25, 0.3) is 21.2 Å². The van der Waals surface area contributed by atoms with Crippen molar-refractivity contribution in [2.75, 3.05) is 5.32 Å². The Morgan fingerprint density at radius 2 is 2.12 bits per heavy atom. The number of benzene rings is 2. The number of thiazole rings is 1. The van der Waals surface area contributed by atoms with Crippen LogP contribution in [0.3, 0.4) is 0 Å². The van der Waals surface area contributed by atoms with Gasteiger partial charge in [0, 0.05) is 16.0 Å². The molecule has 0 saturated carbocycles. The molecular formula is C17H10ClFN2O2S. The molecule has 2 aromatic heterocycles. The fourth-order valence-electron chi connectivity index (χ4n) is 2.52. The van der Waals surface area contributed by atoms with Crippen LogP contribution in [-0.2, 0) is 0 Å². The highest BCUT2D eigenvalue weighted by atomic mass is 35.5. The maximum absolute atomic E-state index is 13.2. The van der Waals surface area contributed by atoms with Gasteiger partial charge in [0.05, 0.1) is 10.2 Å². The van der Waals surface area contributed by atoms with Gasteiger partial charge in [0.1, 0.15) is 11.4 Å². The number of hydrogen-bond donors (Lipinski definition) is 1. The van der Waals surface area contributed by atoms with E-state index in [1.54, 1.807) is 31.2 Å². The molecular weight excluding hydrogens is 351 g/mol. The Balaban J connectivity index is 1.69. The summed E-state index contributed by atoms with van der Waals surface area (Å²) >= 11 is 7.19. The third-order valence-electron chi connectivity index (χ3n) is 3.68. The zero-order valence-corrected chi connectivity index (χ0v) is 14.0. The molecule has 0 saturated heterocycles. The maximum Gasteiger partial charge on any atom is 0.293 e. The van der Waals surface area contributed by atoms with Crippen molar-refractivity contribution in [3.05, 3.63) is 58.6 Å². The molecule has 4 rings (SSSR count). The molecule has 24 heavy (non-hydrogen) atoms. The van der Waals surface area contributed by atoms with Gasteiger partial charge in [0.2, 0.25) is 0 Å². The van der Waals surface area contributed by atoms with E-state index in [-0.39, 0.29) is 11.6 Å². The smallest absolute Gasteiger partial charge is 0.293 e. The van der Waals surface area contributed by atoms with Crippen molar-refractivity contribution < 1.29 is 13.6 Å². The number of furan rings is 1. The van der Waals surface area contributed by atoms with Crippen LogP contribution in [0.15, 0.2) is 40.8 Å². The number of aromatic nitrogens is 1. The summed E-state index contributed by atoms with van der Waals surface area (Å²) in [6.07, 6.45) is 0. The van der Waals surface area contributed by atoms with Crippen molar-refractivity contribution in [2.45, 2.75) is 6.92 Å². The van der Waals surface area contributed by atoms with Crippen LogP contribution in [0.4, 0.5) is 9.52 Å². The molecule has 120 valence electrons. The molecule has 7 heteroatoms. The molecule has 0 spiro atoms. The van der Waals surface area contributed by atoms with E-state index in [0.717, 1.165) is 5.39 Å². The van der Waals surface area contributed by atoms with Crippen LogP contribution < -0.4 is 5.32 Å². The average Bonchev–Trinajstić information content (AvgIpc) is 3.08. The summed E-state index contributed by atoms with van der Waals surface area (Å²) in [5.41, 5.74) is 1.93. The first-order chi connectivity index (χ1) is 11.5. The summed E-state index contributed by atoms with van der Waals surface area (Å²) in [5, 5.41) is 4.46. The molecule has 2 heterocycles. The standard InChI is InChI=1S/C17H10ClFN2O2S/c1-8-11-6-9(18)2-5-13(11)23-15(8)16(22)21-17-20-12-4-3-10(19)7-14(12)24-17/h2-7H,1H3,(H,20,21,22). The average molecular weight is 361 g/mol. The number of nitrogens with zero attached hydrogens (tertiary/aromatic N) is 1. The monoisotopic (exact) mass is 360 g/mol. The minimum absolute atomic E-state index is 0.206. The summed E-state index contributed by atoms with van der Waals surface area (Å²) in [6, 6.07) is 9.48. The van der Waals surface area contributed by atoms with Gasteiger partial charge in [-0.05, 0) is 43.3 Å². The van der Waals surface area contributed by atoms with Crippen LogP contribution in [0, 0.1) is 12.7 Å². The number of rotatable bonds is 2. The van der Waals surface area contributed by atoms with Crippen LogP contribution >= 0.6 is 22.9 Å². The molecule has 0 radical (unpaired) electrons. The van der Waals surface area contributed by atoms with Gasteiger partial charge in [-0.1, -0.05) is 22.9 Å². The lowest BCUT2D eigenvalue weighted by molar-refractivity contribution is 0.0998. The predicted octanol–water partition coefficient (Wildman–Crippen LogP) is 5.40. The van der Waals surface area contributed by atoms with E-state index in [9.17, 15) is 9.18 Å². The van der Waals surface area contributed by atoms with Crippen molar-refractivity contribution in [2.24, 2.45) is 0 Å². The molecule has 0 aliphatic carbocycles. The fourth-order valence-corrected chi connectivity index (χ4v) is 3.57. The number of carbonyl (C=O) groups is 1. The number of nitrogens with one attached hydrogen (secondary N) is 1. The van der Waals surface area contributed by atoms with Gasteiger partial charge >= 0.3 is 0 Å². The first-order valence-corrected chi connectivity index (χ1v) is 8.27. The largest absolute Gasteiger partial charge is 0.451 e. The Morgan fingerprint density at radius 1 is 1.29 bits per heavy atom. The number of amides is 1. The molecule has 1 N–H and O–H groups in total. The summed E-state index contributed by atoms with van der Waals surface area (Å²) in [5.74, 6) is -0.536. The number of aryl methyl sites for hydroxylation is 1. The Morgan fingerprint density at radius 3 is 2.96 bits per heavy atom. The first-order valence-electron chi connectivity index (χ1n) is 7.07. The van der Waals surface area contributed by atoms with Gasteiger partial charge in [0.15, 0.2) is 10.9 Å². The van der Waals surface area contributed by atoms with E-state index in [1.165, 1.54) is 23.5 Å². The van der Waals surface area contributed by atoms with Crippen molar-refractivity contribution in [3.8, 4) is 0 Å². The first kappa shape index (κ1) is 15.1. The van der Waals surface area contributed by atoms with Crippen LogP contribution in [0.1, 0.15) is 16.1 Å². The van der Waals surface area contributed by atoms with E-state index in [1.807, 2.05) is 0 Å². The SMILES string of the molecule is Cc1c(C(=O)Nc2nc3ccc(F)cc3s2)oc2ccc(Cl)cc12. The molecule has 1 amide bonds. The van der Waals surface area contributed by atoms with Gasteiger partial charge in [-0.25, -0.2) is 9.37 Å². The second kappa shape index (κ2) is 5.58. The lowest BCUT2D eigenvalue weighted by atomic mass is 10.1. The summed E-state index contributed by atoms with van der Waals surface area (Å²) < 4.78 is 19.5. The molecule has 0 fully saturated rings. The van der Waals surface area contributed by atoms with E-state index in [2.05, 4.69) is 10.3 Å². The fraction of sp³-hybridized carbons (Fsp3) is 0.0588. The quantitative estimate of drug-likeness (QED) is 0.521. The third-order valence-corrected chi connectivity index (χ3v) is 4.84. The molecule has 0 unspecified atom stereocenters. The van der Waals surface area contributed by atoms with Gasteiger partial charge in [-0.2, -0.15) is 0 Å². The third kappa shape index (κ3) is 2.53. The van der Waals surface area contributed by atoms with Gasteiger partial charge in [-0.15, -0.1) is 0 Å². The van der Waals surface area contributed by atoms with Crippen molar-refractivity contribution in [1.29, 1.82) is 0 Å². The highest BCUT2D eigenvalue weighted by Gasteiger charge is 2.19. The highest BCUT2D eigenvalue weighted by Crippen LogP contribution is 2.30. The number of halogens is 2. The molecule has 4 nitrogen and oxygen atoms in total. The van der Waals surface area contributed by atoms with E-state index in [4.69, 9.17) is 16.0 Å². The number of fused-ring (bicyclic) bond motifs is 2. The summed E-state index contributed by atoms with van der Waals surface area (Å²) in [7, 11) is 0. The Kier molecular flexibility index (Phi) is 3.51. The molecule has 4 aromatic rings. The minimum Gasteiger partial charge on any atom is -0.451 e. The normalized spacial score (nSPS) is 11.3. The summed E-state index contributed by atoms with van der Waals surface area (Å²) in [4.78, 5) is 16.8. The van der Waals surface area contributed by atoms with Crippen molar-refractivity contribution in [3.63, 3.8) is 0 Å². The minimum atomic E-state index is -0.403. The van der Waals surface area contributed by atoms with Crippen LogP contribution in [0.5, 0.6) is 0 Å². The molecule has 0 aliphatic rings. The lowest BCUT2D eigenvalue weighted by Gasteiger charge is -1.98. The number of anilines is 1. The number of hydrogen-bond acceptors (Lipinski definition) is 4. The van der Waals surface area contributed by atoms with E-state index >= 15 is 0 Å². The predicted molar refractivity (Wildman–Crippen MR) is 93.5 cm³/mol. The Labute approximate surface area is 144 Å². The van der Waals surface area contributed by atoms with Crippen molar-refractivity contribution in [1.82, 2.24) is 4.98 Å². The Bertz CT molecular complexity index is 1100. The van der Waals surface area contributed by atoms with Gasteiger partial charge in [0.25, 0.3) is 5.91 Å². The van der Waals surface area contributed by atoms with E-state index in [0.29, 0.717) is 31.5 Å². The Hall–Kier alpha value is -2.44. The second-order valence-corrected chi connectivity index (χ2v) is 6.75. The maximum atomic E-state index is 13.2. The topological polar surface area (TPSA) is 55.1 Å².